The summed E-state index contributed by atoms with van der Waals surface area (Å²) in [7, 11) is 0. The molecule has 0 saturated heterocycles. The van der Waals surface area contributed by atoms with Crippen LogP contribution in [0.1, 0.15) is 18.1 Å². The summed E-state index contributed by atoms with van der Waals surface area (Å²) < 4.78 is 5.71. The van der Waals surface area contributed by atoms with E-state index in [1.807, 2.05) is 56.3 Å². The summed E-state index contributed by atoms with van der Waals surface area (Å²) in [4.78, 5) is 12.2. The number of hydrogen-bond donors (Lipinski definition) is 1. The number of benzene rings is 2. The first kappa shape index (κ1) is 18.2. The molecule has 0 spiro atoms. The van der Waals surface area contributed by atoms with Gasteiger partial charge in [-0.25, -0.2) is 0 Å². The van der Waals surface area contributed by atoms with Gasteiger partial charge in [-0.3, -0.25) is 4.79 Å². The average molecular weight is 367 g/mol. The van der Waals surface area contributed by atoms with E-state index in [0.29, 0.717) is 17.7 Å². The molecule has 0 radical (unpaired) electrons. The second kappa shape index (κ2) is 8.67. The molecular weight excluding hydrogens is 346 g/mol. The summed E-state index contributed by atoms with van der Waals surface area (Å²) in [5.74, 6) is 0.434. The van der Waals surface area contributed by atoms with E-state index in [-0.39, 0.29) is 11.2 Å². The van der Waals surface area contributed by atoms with Crippen LogP contribution in [0.2, 0.25) is 0 Å². The van der Waals surface area contributed by atoms with Crippen molar-refractivity contribution in [1.29, 1.82) is 0 Å². The zero-order valence-electron chi connectivity index (χ0n) is 14.8. The topological polar surface area (TPSA) is 68.0 Å². The van der Waals surface area contributed by atoms with Gasteiger partial charge in [-0.15, -0.1) is 10.2 Å². The molecule has 1 atom stereocenters. The maximum atomic E-state index is 12.2. The second-order valence-corrected chi connectivity index (χ2v) is 7.27. The van der Waals surface area contributed by atoms with E-state index in [4.69, 9.17) is 4.42 Å². The van der Waals surface area contributed by atoms with Crippen LogP contribution >= 0.6 is 11.8 Å². The average Bonchev–Trinajstić information content (AvgIpc) is 3.11. The van der Waals surface area contributed by atoms with Gasteiger partial charge in [0.2, 0.25) is 11.8 Å². The molecule has 2 aromatic carbocycles. The molecule has 0 saturated carbocycles. The van der Waals surface area contributed by atoms with Crippen LogP contribution in [0.3, 0.4) is 0 Å². The predicted molar refractivity (Wildman–Crippen MR) is 103 cm³/mol. The molecule has 3 aromatic rings. The van der Waals surface area contributed by atoms with Crippen molar-refractivity contribution in [2.45, 2.75) is 30.7 Å². The molecule has 1 unspecified atom stereocenters. The summed E-state index contributed by atoms with van der Waals surface area (Å²) in [5, 5.41) is 11.2. The molecule has 0 aliphatic carbocycles. The van der Waals surface area contributed by atoms with E-state index >= 15 is 0 Å². The Morgan fingerprint density at radius 2 is 1.85 bits per heavy atom. The number of carbonyl (C=O) groups excluding carboxylic acids is 1. The molecule has 1 heterocycles. The van der Waals surface area contributed by atoms with Crippen LogP contribution < -0.4 is 5.32 Å². The molecule has 0 aliphatic rings. The van der Waals surface area contributed by atoms with Gasteiger partial charge in [0.1, 0.15) is 0 Å². The van der Waals surface area contributed by atoms with Crippen LogP contribution in [-0.2, 0) is 11.2 Å². The first-order valence-corrected chi connectivity index (χ1v) is 9.39. The SMILES string of the molecule is Cc1ccccc1-c1nnc(SC(C)C(=O)NCCc2ccccc2)o1. The van der Waals surface area contributed by atoms with E-state index in [2.05, 4.69) is 27.6 Å². The number of nitrogens with zero attached hydrogens (tertiary/aromatic N) is 2. The Kier molecular flexibility index (Phi) is 6.07. The molecule has 0 aliphatic heterocycles. The van der Waals surface area contributed by atoms with Gasteiger partial charge in [-0.05, 0) is 37.5 Å². The highest BCUT2D eigenvalue weighted by Crippen LogP contribution is 2.27. The van der Waals surface area contributed by atoms with Gasteiger partial charge in [0.15, 0.2) is 0 Å². The first-order valence-electron chi connectivity index (χ1n) is 8.51. The summed E-state index contributed by atoms with van der Waals surface area (Å²) in [6, 6.07) is 17.9. The minimum atomic E-state index is -0.309. The summed E-state index contributed by atoms with van der Waals surface area (Å²) in [6.07, 6.45) is 0.807. The highest BCUT2D eigenvalue weighted by Gasteiger charge is 2.18. The molecule has 26 heavy (non-hydrogen) atoms. The number of amides is 1. The van der Waals surface area contributed by atoms with Crippen LogP contribution in [0.25, 0.3) is 11.5 Å². The predicted octanol–water partition coefficient (Wildman–Crippen LogP) is 3.88. The highest BCUT2D eigenvalue weighted by atomic mass is 32.2. The monoisotopic (exact) mass is 367 g/mol. The fourth-order valence-corrected chi connectivity index (χ4v) is 3.21. The number of thioether (sulfide) groups is 1. The van der Waals surface area contributed by atoms with Crippen LogP contribution in [0.5, 0.6) is 0 Å². The Balaban J connectivity index is 1.52. The molecule has 0 fully saturated rings. The Hall–Kier alpha value is -2.60. The molecule has 1 N–H and O–H groups in total. The highest BCUT2D eigenvalue weighted by molar-refractivity contribution is 8.00. The third kappa shape index (κ3) is 4.73. The van der Waals surface area contributed by atoms with Gasteiger partial charge in [-0.2, -0.15) is 0 Å². The smallest absolute Gasteiger partial charge is 0.277 e. The molecular formula is C20H21N3O2S. The maximum Gasteiger partial charge on any atom is 0.277 e. The van der Waals surface area contributed by atoms with E-state index in [9.17, 15) is 4.79 Å². The lowest BCUT2D eigenvalue weighted by Crippen LogP contribution is -2.32. The molecule has 1 amide bonds. The standard InChI is InChI=1S/C20H21N3O2S/c1-14-8-6-7-11-17(14)19-22-23-20(25-19)26-15(2)18(24)21-13-12-16-9-4-3-5-10-16/h3-11,15H,12-13H2,1-2H3,(H,21,24). The Bertz CT molecular complexity index is 864. The van der Waals surface area contributed by atoms with Crippen molar-refractivity contribution in [1.82, 2.24) is 15.5 Å². The van der Waals surface area contributed by atoms with Crippen molar-refractivity contribution >= 4 is 17.7 Å². The third-order valence-corrected chi connectivity index (χ3v) is 4.92. The number of aryl methyl sites for hydroxylation is 1. The number of carbonyl (C=O) groups is 1. The largest absolute Gasteiger partial charge is 0.411 e. The fourth-order valence-electron chi connectivity index (χ4n) is 2.50. The molecule has 3 rings (SSSR count). The van der Waals surface area contributed by atoms with Gasteiger partial charge in [0, 0.05) is 12.1 Å². The number of aromatic nitrogens is 2. The number of rotatable bonds is 7. The van der Waals surface area contributed by atoms with Crippen molar-refractivity contribution in [2.75, 3.05) is 6.54 Å². The van der Waals surface area contributed by atoms with Crippen LogP contribution in [0.4, 0.5) is 0 Å². The molecule has 5 nitrogen and oxygen atoms in total. The quantitative estimate of drug-likeness (QED) is 0.642. The zero-order chi connectivity index (χ0) is 18.4. The first-order chi connectivity index (χ1) is 12.6. The van der Waals surface area contributed by atoms with Gasteiger partial charge in [0.05, 0.1) is 5.25 Å². The molecule has 134 valence electrons. The minimum Gasteiger partial charge on any atom is -0.411 e. The van der Waals surface area contributed by atoms with Gasteiger partial charge >= 0.3 is 0 Å². The van der Waals surface area contributed by atoms with E-state index in [1.165, 1.54) is 17.3 Å². The summed E-state index contributed by atoms with van der Waals surface area (Å²) in [5.41, 5.74) is 3.18. The molecule has 0 bridgehead atoms. The van der Waals surface area contributed by atoms with Gasteiger partial charge < -0.3 is 9.73 Å². The lowest BCUT2D eigenvalue weighted by Gasteiger charge is -2.09. The minimum absolute atomic E-state index is 0.0402. The van der Waals surface area contributed by atoms with Gasteiger partial charge in [-0.1, -0.05) is 60.3 Å². The Labute approximate surface area is 157 Å². The van der Waals surface area contributed by atoms with E-state index < -0.39 is 0 Å². The third-order valence-electron chi connectivity index (χ3n) is 3.98. The summed E-state index contributed by atoms with van der Waals surface area (Å²) >= 11 is 1.27. The van der Waals surface area contributed by atoms with Crippen molar-refractivity contribution in [3.63, 3.8) is 0 Å². The number of nitrogens with one attached hydrogen (secondary N) is 1. The number of hydrogen-bond acceptors (Lipinski definition) is 5. The summed E-state index contributed by atoms with van der Waals surface area (Å²) in [6.45, 7) is 4.43. The van der Waals surface area contributed by atoms with Crippen molar-refractivity contribution in [3.8, 4) is 11.5 Å². The van der Waals surface area contributed by atoms with E-state index in [0.717, 1.165) is 17.5 Å². The lowest BCUT2D eigenvalue weighted by atomic mass is 10.1. The fraction of sp³-hybridized carbons (Fsp3) is 0.250. The van der Waals surface area contributed by atoms with E-state index in [1.54, 1.807) is 0 Å². The Morgan fingerprint density at radius 3 is 2.62 bits per heavy atom. The zero-order valence-corrected chi connectivity index (χ0v) is 15.6. The maximum absolute atomic E-state index is 12.2. The van der Waals surface area contributed by atoms with Crippen molar-refractivity contribution in [2.24, 2.45) is 0 Å². The van der Waals surface area contributed by atoms with Crippen LogP contribution in [0, 0.1) is 6.92 Å². The van der Waals surface area contributed by atoms with Crippen molar-refractivity contribution < 1.29 is 9.21 Å². The lowest BCUT2D eigenvalue weighted by molar-refractivity contribution is -0.120. The molecule has 1 aromatic heterocycles. The second-order valence-electron chi connectivity index (χ2n) is 5.97. The van der Waals surface area contributed by atoms with Crippen molar-refractivity contribution in [3.05, 3.63) is 65.7 Å². The molecule has 6 heteroatoms. The van der Waals surface area contributed by atoms with Crippen LogP contribution in [-0.4, -0.2) is 27.9 Å². The Morgan fingerprint density at radius 1 is 1.12 bits per heavy atom. The van der Waals surface area contributed by atoms with Gasteiger partial charge in [0.25, 0.3) is 5.22 Å². The van der Waals surface area contributed by atoms with Crippen LogP contribution in [0.15, 0.2) is 64.2 Å². The normalized spacial score (nSPS) is 11.9.